The highest BCUT2D eigenvalue weighted by atomic mass is 32.2. The number of fused-ring (bicyclic) bond motifs is 1. The van der Waals surface area contributed by atoms with Gasteiger partial charge in [0.1, 0.15) is 5.92 Å². The van der Waals surface area contributed by atoms with E-state index in [0.717, 1.165) is 4.31 Å². The molecule has 1 aromatic rings. The van der Waals surface area contributed by atoms with Crippen LogP contribution < -0.4 is 9.03 Å². The first-order valence-corrected chi connectivity index (χ1v) is 7.86. The second-order valence-electron chi connectivity index (χ2n) is 5.23. The molecule has 1 unspecified atom stereocenters. The minimum Gasteiger partial charge on any atom is -0.481 e. The lowest BCUT2D eigenvalue weighted by Gasteiger charge is -2.20. The highest BCUT2D eigenvalue weighted by molar-refractivity contribution is 7.90. The fraction of sp³-hybridized carbons (Fsp3) is 0.462. The summed E-state index contributed by atoms with van der Waals surface area (Å²) >= 11 is 0. The number of hydrogen-bond donors (Lipinski definition) is 2. The van der Waals surface area contributed by atoms with Crippen LogP contribution in [0.25, 0.3) is 0 Å². The molecule has 0 aromatic heterocycles. The van der Waals surface area contributed by atoms with Crippen LogP contribution in [0.4, 0.5) is 5.69 Å². The maximum Gasteiger partial charge on any atom is 0.312 e. The zero-order valence-electron chi connectivity index (χ0n) is 11.4. The van der Waals surface area contributed by atoms with Gasteiger partial charge in [-0.05, 0) is 17.5 Å². The third-order valence-corrected chi connectivity index (χ3v) is 4.65. The summed E-state index contributed by atoms with van der Waals surface area (Å²) < 4.78 is 28.2. The van der Waals surface area contributed by atoms with E-state index in [9.17, 15) is 18.3 Å². The number of carbonyl (C=O) groups is 1. The van der Waals surface area contributed by atoms with Crippen molar-refractivity contribution in [3.8, 4) is 0 Å². The molecule has 0 radical (unpaired) electrons. The first-order valence-electron chi connectivity index (χ1n) is 6.42. The molecule has 1 aliphatic heterocycles. The Hall–Kier alpha value is -1.60. The Morgan fingerprint density at radius 3 is 2.70 bits per heavy atom. The number of carboxylic acid groups (broad SMARTS) is 1. The first-order chi connectivity index (χ1) is 9.33. The van der Waals surface area contributed by atoms with Crippen molar-refractivity contribution in [1.82, 2.24) is 4.72 Å². The molecule has 1 heterocycles. The summed E-state index contributed by atoms with van der Waals surface area (Å²) in [6.45, 7) is 4.06. The largest absolute Gasteiger partial charge is 0.481 e. The number of nitrogens with one attached hydrogen (secondary N) is 1. The minimum atomic E-state index is -3.71. The normalized spacial score (nSPS) is 18.4. The van der Waals surface area contributed by atoms with Gasteiger partial charge in [0.2, 0.25) is 0 Å². The van der Waals surface area contributed by atoms with E-state index < -0.39 is 22.1 Å². The average molecular weight is 298 g/mol. The molecule has 1 aliphatic rings. The smallest absolute Gasteiger partial charge is 0.312 e. The molecule has 0 amide bonds. The summed E-state index contributed by atoms with van der Waals surface area (Å²) in [5.41, 5.74) is 0.978. The van der Waals surface area contributed by atoms with E-state index in [2.05, 4.69) is 4.72 Å². The van der Waals surface area contributed by atoms with Crippen LogP contribution in [0.1, 0.15) is 25.3 Å². The predicted molar refractivity (Wildman–Crippen MR) is 75.9 cm³/mol. The molecule has 1 aromatic carbocycles. The number of anilines is 1. The molecule has 0 bridgehead atoms. The van der Waals surface area contributed by atoms with E-state index in [1.165, 1.54) is 0 Å². The Morgan fingerprint density at radius 2 is 2.10 bits per heavy atom. The summed E-state index contributed by atoms with van der Waals surface area (Å²) in [5, 5.41) is 9.22. The number of rotatable bonds is 5. The average Bonchev–Trinajstić information content (AvgIpc) is 2.77. The standard InChI is InChI=1S/C13H18N2O4S/c1-9(2)7-14-20(18,19)15-8-11(13(16)17)10-5-3-4-6-12(10)15/h3-6,9,11,14H,7-8H2,1-2H3,(H,16,17). The topological polar surface area (TPSA) is 86.7 Å². The van der Waals surface area contributed by atoms with E-state index in [-0.39, 0.29) is 12.5 Å². The summed E-state index contributed by atoms with van der Waals surface area (Å²) in [5.74, 6) is -1.65. The van der Waals surface area contributed by atoms with Crippen molar-refractivity contribution < 1.29 is 18.3 Å². The van der Waals surface area contributed by atoms with Gasteiger partial charge in [-0.2, -0.15) is 13.1 Å². The Bertz CT molecular complexity index is 613. The van der Waals surface area contributed by atoms with Gasteiger partial charge in [0.25, 0.3) is 0 Å². The molecule has 0 fully saturated rings. The molecule has 110 valence electrons. The van der Waals surface area contributed by atoms with Gasteiger partial charge in [-0.1, -0.05) is 32.0 Å². The molecule has 1 atom stereocenters. The maximum atomic E-state index is 12.3. The summed E-state index contributed by atoms with van der Waals surface area (Å²) in [7, 11) is -3.71. The van der Waals surface area contributed by atoms with Gasteiger partial charge in [0.15, 0.2) is 0 Å². The summed E-state index contributed by atoms with van der Waals surface area (Å²) in [6.07, 6.45) is 0. The van der Waals surface area contributed by atoms with Crippen molar-refractivity contribution in [3.05, 3.63) is 29.8 Å². The van der Waals surface area contributed by atoms with Crippen molar-refractivity contribution >= 4 is 21.9 Å². The van der Waals surface area contributed by atoms with E-state index >= 15 is 0 Å². The molecule has 0 aliphatic carbocycles. The molecule has 0 saturated carbocycles. The lowest BCUT2D eigenvalue weighted by Crippen LogP contribution is -2.42. The Morgan fingerprint density at radius 1 is 1.45 bits per heavy atom. The van der Waals surface area contributed by atoms with Gasteiger partial charge in [0.05, 0.1) is 12.2 Å². The van der Waals surface area contributed by atoms with Crippen LogP contribution in [-0.2, 0) is 15.0 Å². The quantitative estimate of drug-likeness (QED) is 0.854. The second kappa shape index (κ2) is 5.41. The molecular weight excluding hydrogens is 280 g/mol. The highest BCUT2D eigenvalue weighted by Gasteiger charge is 2.38. The number of para-hydroxylation sites is 1. The molecule has 2 rings (SSSR count). The van der Waals surface area contributed by atoms with Gasteiger partial charge in [-0.25, -0.2) is 0 Å². The first kappa shape index (κ1) is 14.8. The van der Waals surface area contributed by atoms with Crippen LogP contribution in [0.15, 0.2) is 24.3 Å². The van der Waals surface area contributed by atoms with Crippen LogP contribution in [0.5, 0.6) is 0 Å². The molecule has 0 saturated heterocycles. The SMILES string of the molecule is CC(C)CNS(=O)(=O)N1CC(C(=O)O)c2ccccc21. The van der Waals surface area contributed by atoms with Gasteiger partial charge in [-0.3, -0.25) is 9.10 Å². The van der Waals surface area contributed by atoms with Crippen molar-refractivity contribution in [3.63, 3.8) is 0 Å². The zero-order chi connectivity index (χ0) is 14.9. The third kappa shape index (κ3) is 2.78. The number of aliphatic carboxylic acids is 1. The van der Waals surface area contributed by atoms with Crippen molar-refractivity contribution in [2.24, 2.45) is 5.92 Å². The van der Waals surface area contributed by atoms with E-state index in [4.69, 9.17) is 0 Å². The van der Waals surface area contributed by atoms with Crippen LogP contribution in [0.2, 0.25) is 0 Å². The van der Waals surface area contributed by atoms with Crippen LogP contribution >= 0.6 is 0 Å². The van der Waals surface area contributed by atoms with Gasteiger partial charge in [0, 0.05) is 6.54 Å². The lowest BCUT2D eigenvalue weighted by molar-refractivity contribution is -0.138. The molecule has 20 heavy (non-hydrogen) atoms. The lowest BCUT2D eigenvalue weighted by atomic mass is 10.0. The third-order valence-electron chi connectivity index (χ3n) is 3.19. The van der Waals surface area contributed by atoms with Gasteiger partial charge >= 0.3 is 16.2 Å². The van der Waals surface area contributed by atoms with E-state index in [1.54, 1.807) is 24.3 Å². The fourth-order valence-corrected chi connectivity index (χ4v) is 3.63. The van der Waals surface area contributed by atoms with E-state index in [1.807, 2.05) is 13.8 Å². The maximum absolute atomic E-state index is 12.3. The predicted octanol–water partition coefficient (Wildman–Crippen LogP) is 1.17. The number of nitrogens with zero attached hydrogens (tertiary/aromatic N) is 1. The minimum absolute atomic E-state index is 0.0674. The molecule has 0 spiro atoms. The summed E-state index contributed by atoms with van der Waals surface area (Å²) in [6, 6.07) is 6.71. The fourth-order valence-electron chi connectivity index (χ4n) is 2.16. The van der Waals surface area contributed by atoms with E-state index in [0.29, 0.717) is 17.8 Å². The van der Waals surface area contributed by atoms with Gasteiger partial charge < -0.3 is 5.11 Å². The number of hydrogen-bond acceptors (Lipinski definition) is 3. The molecule has 2 N–H and O–H groups in total. The van der Waals surface area contributed by atoms with Gasteiger partial charge in [-0.15, -0.1) is 0 Å². The van der Waals surface area contributed by atoms with Crippen LogP contribution in [0.3, 0.4) is 0 Å². The number of benzene rings is 1. The Balaban J connectivity index is 2.33. The second-order valence-corrected chi connectivity index (χ2v) is 6.91. The van der Waals surface area contributed by atoms with Crippen molar-refractivity contribution in [2.45, 2.75) is 19.8 Å². The van der Waals surface area contributed by atoms with Crippen molar-refractivity contribution in [2.75, 3.05) is 17.4 Å². The molecule has 6 nitrogen and oxygen atoms in total. The highest BCUT2D eigenvalue weighted by Crippen LogP contribution is 2.37. The summed E-state index contributed by atoms with van der Waals surface area (Å²) in [4.78, 5) is 11.3. The van der Waals surface area contributed by atoms with Crippen LogP contribution in [0, 0.1) is 5.92 Å². The van der Waals surface area contributed by atoms with Crippen molar-refractivity contribution in [1.29, 1.82) is 0 Å². The van der Waals surface area contributed by atoms with Crippen LogP contribution in [-0.4, -0.2) is 32.6 Å². The monoisotopic (exact) mass is 298 g/mol. The zero-order valence-corrected chi connectivity index (χ0v) is 12.2. The Kier molecular flexibility index (Phi) is 4.01. The Labute approximate surface area is 118 Å². The molecule has 7 heteroatoms. The molecular formula is C13H18N2O4S. The number of carboxylic acids is 1.